The minimum Gasteiger partial charge on any atom is -0.490 e. The van der Waals surface area contributed by atoms with Gasteiger partial charge in [-0.25, -0.2) is 13.6 Å². The molecule has 0 spiro atoms. The fraction of sp³-hybridized carbons (Fsp3) is 0.200. The highest BCUT2D eigenvalue weighted by atomic mass is 32.2. The molecule has 1 heterocycles. The predicted molar refractivity (Wildman–Crippen MR) is 71.0 cm³/mol. The molecule has 0 aliphatic carbocycles. The van der Waals surface area contributed by atoms with Crippen molar-refractivity contribution in [3.63, 3.8) is 0 Å². The van der Waals surface area contributed by atoms with Crippen LogP contribution in [0.5, 0.6) is 5.75 Å². The molecule has 2 rings (SSSR count). The van der Waals surface area contributed by atoms with Crippen molar-refractivity contribution in [1.82, 2.24) is 14.8 Å². The Morgan fingerprint density at radius 3 is 2.52 bits per heavy atom. The number of nitrogens with two attached hydrogens (primary N) is 1. The number of sulfonamides is 1. The van der Waals surface area contributed by atoms with E-state index in [2.05, 4.69) is 10.2 Å². The monoisotopic (exact) mass is 313 g/mol. The summed E-state index contributed by atoms with van der Waals surface area (Å²) in [6.45, 7) is 0. The van der Waals surface area contributed by atoms with Gasteiger partial charge in [-0.3, -0.25) is 14.7 Å². The number of nitro groups is 1. The van der Waals surface area contributed by atoms with Gasteiger partial charge in [0.15, 0.2) is 11.6 Å². The van der Waals surface area contributed by atoms with Crippen LogP contribution in [0.2, 0.25) is 0 Å². The fourth-order valence-corrected chi connectivity index (χ4v) is 2.41. The van der Waals surface area contributed by atoms with E-state index in [1.165, 1.54) is 32.4 Å². The lowest BCUT2D eigenvalue weighted by Gasteiger charge is -2.05. The van der Waals surface area contributed by atoms with Crippen LogP contribution in [0.4, 0.5) is 5.69 Å². The first-order chi connectivity index (χ1) is 9.75. The van der Waals surface area contributed by atoms with Gasteiger partial charge in [0.2, 0.25) is 0 Å². The normalized spacial score (nSPS) is 11.4. The maximum atomic E-state index is 11.3. The van der Waals surface area contributed by atoms with Crippen LogP contribution in [0, 0.1) is 10.1 Å². The van der Waals surface area contributed by atoms with Gasteiger partial charge in [-0.1, -0.05) is 0 Å². The Morgan fingerprint density at radius 1 is 1.38 bits per heavy atom. The number of aromatic nitrogens is 3. The standard InChI is InChI=1S/C10H11N5O5S/c1-14-9(12-13-10(14)21(11,18)19)6-3-4-8(20-2)7(5-6)15(16)17/h3-5H,1-2H3,(H2,11,18,19). The Labute approximate surface area is 119 Å². The number of rotatable bonds is 4. The molecule has 0 atom stereocenters. The third kappa shape index (κ3) is 2.68. The zero-order chi connectivity index (χ0) is 15.8. The Bertz CT molecular complexity index is 813. The van der Waals surface area contributed by atoms with Gasteiger partial charge in [-0.15, -0.1) is 10.2 Å². The first-order valence-electron chi connectivity index (χ1n) is 5.50. The summed E-state index contributed by atoms with van der Waals surface area (Å²) < 4.78 is 28.6. The molecule has 0 aliphatic rings. The fourth-order valence-electron chi connectivity index (χ4n) is 1.79. The minimum absolute atomic E-state index is 0.0811. The number of methoxy groups -OCH3 is 1. The first-order valence-corrected chi connectivity index (χ1v) is 7.05. The van der Waals surface area contributed by atoms with Crippen LogP contribution in [0.15, 0.2) is 23.4 Å². The number of nitro benzene ring substituents is 1. The highest BCUT2D eigenvalue weighted by Crippen LogP contribution is 2.31. The number of hydrogen-bond donors (Lipinski definition) is 1. The zero-order valence-corrected chi connectivity index (χ0v) is 11.9. The Kier molecular flexibility index (Phi) is 3.61. The van der Waals surface area contributed by atoms with Gasteiger partial charge in [0, 0.05) is 18.7 Å². The quantitative estimate of drug-likeness (QED) is 0.620. The van der Waals surface area contributed by atoms with E-state index in [0.29, 0.717) is 5.56 Å². The van der Waals surface area contributed by atoms with Gasteiger partial charge in [-0.2, -0.15) is 0 Å². The highest BCUT2D eigenvalue weighted by Gasteiger charge is 2.22. The Hall–Kier alpha value is -2.53. The number of hydrogen-bond acceptors (Lipinski definition) is 7. The molecule has 11 heteroatoms. The first kappa shape index (κ1) is 14.9. The topological polar surface area (TPSA) is 143 Å². The van der Waals surface area contributed by atoms with Crippen LogP contribution in [0.1, 0.15) is 0 Å². The van der Waals surface area contributed by atoms with Gasteiger partial charge in [-0.05, 0) is 12.1 Å². The van der Waals surface area contributed by atoms with E-state index in [4.69, 9.17) is 9.88 Å². The number of nitrogens with zero attached hydrogens (tertiary/aromatic N) is 4. The van der Waals surface area contributed by atoms with Gasteiger partial charge in [0.05, 0.1) is 12.0 Å². The van der Waals surface area contributed by atoms with Crippen LogP contribution < -0.4 is 9.88 Å². The molecule has 0 radical (unpaired) electrons. The van der Waals surface area contributed by atoms with Crippen LogP contribution >= 0.6 is 0 Å². The summed E-state index contributed by atoms with van der Waals surface area (Å²) in [6.07, 6.45) is 0. The van der Waals surface area contributed by atoms with Crippen molar-refractivity contribution in [1.29, 1.82) is 0 Å². The smallest absolute Gasteiger partial charge is 0.311 e. The van der Waals surface area contributed by atoms with Gasteiger partial charge < -0.3 is 4.74 Å². The largest absolute Gasteiger partial charge is 0.490 e. The van der Waals surface area contributed by atoms with Gasteiger partial charge >= 0.3 is 5.69 Å². The average Bonchev–Trinajstić information content (AvgIpc) is 2.79. The predicted octanol–water partition coefficient (Wildman–Crippen LogP) is 0.0463. The Balaban J connectivity index is 2.61. The number of benzene rings is 1. The molecule has 1 aromatic carbocycles. The highest BCUT2D eigenvalue weighted by molar-refractivity contribution is 7.89. The molecule has 0 fully saturated rings. The second-order valence-corrected chi connectivity index (χ2v) is 5.51. The van der Waals surface area contributed by atoms with Crippen molar-refractivity contribution in [2.45, 2.75) is 5.16 Å². The molecule has 1 aromatic heterocycles. The molecule has 0 bridgehead atoms. The van der Waals surface area contributed by atoms with Crippen molar-refractivity contribution in [3.05, 3.63) is 28.3 Å². The SMILES string of the molecule is COc1ccc(-c2nnc(S(N)(=O)=O)n2C)cc1[N+](=O)[O-]. The molecular weight excluding hydrogens is 302 g/mol. The maximum absolute atomic E-state index is 11.3. The molecule has 2 aromatic rings. The Morgan fingerprint density at radius 2 is 2.05 bits per heavy atom. The molecule has 0 saturated carbocycles. The van der Waals surface area contributed by atoms with E-state index in [9.17, 15) is 18.5 Å². The van der Waals surface area contributed by atoms with Gasteiger partial charge in [0.1, 0.15) is 0 Å². The van der Waals surface area contributed by atoms with Gasteiger partial charge in [0.25, 0.3) is 15.2 Å². The molecule has 0 aliphatic heterocycles. The summed E-state index contributed by atoms with van der Waals surface area (Å²) in [4.78, 5) is 10.4. The second kappa shape index (κ2) is 5.10. The summed E-state index contributed by atoms with van der Waals surface area (Å²) in [5.74, 6) is 0.211. The molecule has 112 valence electrons. The van der Waals surface area contributed by atoms with Crippen molar-refractivity contribution >= 4 is 15.7 Å². The van der Waals surface area contributed by atoms with E-state index in [1.807, 2.05) is 0 Å². The van der Waals surface area contributed by atoms with Crippen molar-refractivity contribution in [3.8, 4) is 17.1 Å². The van der Waals surface area contributed by atoms with E-state index in [0.717, 1.165) is 4.57 Å². The second-order valence-electron chi connectivity index (χ2n) is 4.05. The molecule has 0 amide bonds. The lowest BCUT2D eigenvalue weighted by Crippen LogP contribution is -2.17. The zero-order valence-electron chi connectivity index (χ0n) is 11.0. The van der Waals surface area contributed by atoms with Crippen molar-refractivity contribution in [2.24, 2.45) is 12.2 Å². The summed E-state index contributed by atoms with van der Waals surface area (Å²) in [7, 11) is -1.33. The molecule has 10 nitrogen and oxygen atoms in total. The van der Waals surface area contributed by atoms with Crippen LogP contribution in [-0.2, 0) is 17.1 Å². The third-order valence-corrected chi connectivity index (χ3v) is 3.59. The molecule has 0 saturated heterocycles. The molecule has 21 heavy (non-hydrogen) atoms. The van der Waals surface area contributed by atoms with Crippen LogP contribution in [0.25, 0.3) is 11.4 Å². The summed E-state index contributed by atoms with van der Waals surface area (Å²) >= 11 is 0. The van der Waals surface area contributed by atoms with Crippen LogP contribution in [0.3, 0.4) is 0 Å². The average molecular weight is 313 g/mol. The summed E-state index contributed by atoms with van der Waals surface area (Å²) in [5, 5.41) is 22.7. The number of primary sulfonamides is 1. The van der Waals surface area contributed by atoms with Crippen LogP contribution in [-0.4, -0.2) is 35.2 Å². The molecule has 2 N–H and O–H groups in total. The lowest BCUT2D eigenvalue weighted by atomic mass is 10.2. The van der Waals surface area contributed by atoms with E-state index < -0.39 is 20.1 Å². The van der Waals surface area contributed by atoms with Crippen molar-refractivity contribution in [2.75, 3.05) is 7.11 Å². The lowest BCUT2D eigenvalue weighted by molar-refractivity contribution is -0.385. The van der Waals surface area contributed by atoms with Crippen molar-refractivity contribution < 1.29 is 18.1 Å². The molecular formula is C10H11N5O5S. The third-order valence-electron chi connectivity index (χ3n) is 2.72. The molecule has 0 unspecified atom stereocenters. The summed E-state index contributed by atoms with van der Waals surface area (Å²) in [5.41, 5.74) is 0.0440. The number of ether oxygens (including phenoxy) is 1. The van der Waals surface area contributed by atoms with E-state index in [1.54, 1.807) is 0 Å². The van der Waals surface area contributed by atoms with E-state index >= 15 is 0 Å². The maximum Gasteiger partial charge on any atom is 0.311 e. The van der Waals surface area contributed by atoms with E-state index in [-0.39, 0.29) is 17.3 Å². The minimum atomic E-state index is -4.03. The summed E-state index contributed by atoms with van der Waals surface area (Å²) in [6, 6.07) is 4.11.